The highest BCUT2D eigenvalue weighted by molar-refractivity contribution is 7.15. The van der Waals surface area contributed by atoms with Gasteiger partial charge in [0.25, 0.3) is 5.91 Å². The predicted molar refractivity (Wildman–Crippen MR) is 139 cm³/mol. The van der Waals surface area contributed by atoms with Crippen molar-refractivity contribution in [2.45, 2.75) is 52.5 Å². The lowest BCUT2D eigenvalue weighted by Crippen LogP contribution is -2.29. The Morgan fingerprint density at radius 3 is 2.51 bits per heavy atom. The lowest BCUT2D eigenvalue weighted by atomic mass is 9.98. The highest BCUT2D eigenvalue weighted by Crippen LogP contribution is 2.43. The van der Waals surface area contributed by atoms with E-state index < -0.39 is 6.04 Å². The Hall–Kier alpha value is -3.45. The van der Waals surface area contributed by atoms with Gasteiger partial charge < -0.3 is 9.15 Å². The fourth-order valence-electron chi connectivity index (χ4n) is 4.46. The molecule has 1 aliphatic rings. The van der Waals surface area contributed by atoms with Crippen LogP contribution in [0.4, 0.5) is 5.13 Å². The molecule has 3 heterocycles. The van der Waals surface area contributed by atoms with Crippen LogP contribution >= 0.6 is 11.3 Å². The van der Waals surface area contributed by atoms with Crippen LogP contribution in [0.5, 0.6) is 5.75 Å². The average Bonchev–Trinajstić information content (AvgIpc) is 3.35. The van der Waals surface area contributed by atoms with E-state index >= 15 is 0 Å². The van der Waals surface area contributed by atoms with Gasteiger partial charge in [-0.15, -0.1) is 11.3 Å². The normalized spacial score (nSPS) is 15.1. The molecule has 35 heavy (non-hydrogen) atoms. The summed E-state index contributed by atoms with van der Waals surface area (Å²) in [5.41, 5.74) is 2.24. The van der Waals surface area contributed by atoms with Crippen LogP contribution < -0.4 is 15.1 Å². The number of fused-ring (bicyclic) bond motifs is 2. The number of hydrogen-bond donors (Lipinski definition) is 0. The van der Waals surface area contributed by atoms with Crippen LogP contribution in [-0.4, -0.2) is 17.5 Å². The van der Waals surface area contributed by atoms with Crippen molar-refractivity contribution >= 4 is 33.3 Å². The zero-order valence-corrected chi connectivity index (χ0v) is 21.0. The number of thiazole rings is 1. The van der Waals surface area contributed by atoms with Gasteiger partial charge in [0.1, 0.15) is 11.3 Å². The minimum absolute atomic E-state index is 0.0838. The number of unbranched alkanes of at least 4 members (excludes halogenated alkanes) is 3. The number of aryl methyl sites for hydroxylation is 2. The van der Waals surface area contributed by atoms with E-state index in [0.29, 0.717) is 28.3 Å². The number of carbonyl (C=O) groups excluding carboxylic acids is 1. The van der Waals surface area contributed by atoms with Crippen LogP contribution in [0, 0.1) is 13.8 Å². The van der Waals surface area contributed by atoms with E-state index in [1.165, 1.54) is 24.2 Å². The second-order valence-electron chi connectivity index (χ2n) is 8.86. The third-order valence-corrected chi connectivity index (χ3v) is 7.54. The highest BCUT2D eigenvalue weighted by Gasteiger charge is 2.45. The number of para-hydroxylation sites is 1. The Balaban J connectivity index is 1.56. The van der Waals surface area contributed by atoms with Gasteiger partial charge in [0.15, 0.2) is 10.6 Å². The second kappa shape index (κ2) is 9.66. The van der Waals surface area contributed by atoms with Gasteiger partial charge in [0.05, 0.1) is 29.3 Å². The first-order valence-electron chi connectivity index (χ1n) is 12.1. The molecule has 1 aliphatic heterocycles. The standard InChI is InChI=1S/C28H28N2O4S/c1-4-5-6-9-16-33-20-14-12-19(13-15-20)24-23-25(31)21-10-7-8-11-22(21)34-26(23)27(32)30(24)28-29-17(2)18(3)35-28/h7-8,10-15,24H,4-6,9,16H2,1-3H3/t24-/m0/s1. The summed E-state index contributed by atoms with van der Waals surface area (Å²) in [6, 6.07) is 14.1. The molecule has 1 atom stereocenters. The molecule has 2 aromatic heterocycles. The van der Waals surface area contributed by atoms with Gasteiger partial charge in [-0.3, -0.25) is 14.5 Å². The Kier molecular flexibility index (Phi) is 6.43. The fraction of sp³-hybridized carbons (Fsp3) is 0.321. The summed E-state index contributed by atoms with van der Waals surface area (Å²) in [4.78, 5) is 34.5. The van der Waals surface area contributed by atoms with Gasteiger partial charge in [-0.2, -0.15) is 0 Å². The summed E-state index contributed by atoms with van der Waals surface area (Å²) in [5, 5.41) is 1.02. The van der Waals surface area contributed by atoms with E-state index in [1.807, 2.05) is 38.1 Å². The summed E-state index contributed by atoms with van der Waals surface area (Å²) in [6.45, 7) is 6.75. The second-order valence-corrected chi connectivity index (χ2v) is 10.0. The maximum atomic E-state index is 13.6. The molecule has 7 heteroatoms. The molecule has 0 saturated carbocycles. The molecule has 1 amide bonds. The number of rotatable bonds is 8. The molecule has 0 saturated heterocycles. The number of benzene rings is 2. The van der Waals surface area contributed by atoms with Crippen LogP contribution in [0.15, 0.2) is 57.7 Å². The molecule has 6 nitrogen and oxygen atoms in total. The van der Waals surface area contributed by atoms with Crippen LogP contribution in [0.1, 0.15) is 70.9 Å². The maximum absolute atomic E-state index is 13.6. The molecule has 0 unspecified atom stereocenters. The largest absolute Gasteiger partial charge is 0.494 e. The smallest absolute Gasteiger partial charge is 0.297 e. The third kappa shape index (κ3) is 4.25. The van der Waals surface area contributed by atoms with E-state index in [9.17, 15) is 9.59 Å². The van der Waals surface area contributed by atoms with Gasteiger partial charge >= 0.3 is 0 Å². The van der Waals surface area contributed by atoms with E-state index in [0.717, 1.165) is 34.7 Å². The molecule has 0 aliphatic carbocycles. The van der Waals surface area contributed by atoms with Crippen molar-refractivity contribution in [1.82, 2.24) is 4.98 Å². The maximum Gasteiger partial charge on any atom is 0.297 e. The molecule has 180 valence electrons. The molecule has 4 aromatic rings. The monoisotopic (exact) mass is 488 g/mol. The summed E-state index contributed by atoms with van der Waals surface area (Å²) >= 11 is 1.44. The number of anilines is 1. The molecule has 0 fully saturated rings. The summed E-state index contributed by atoms with van der Waals surface area (Å²) in [7, 11) is 0. The summed E-state index contributed by atoms with van der Waals surface area (Å²) in [5.74, 6) is 0.506. The minimum atomic E-state index is -0.623. The van der Waals surface area contributed by atoms with Crippen molar-refractivity contribution in [2.75, 3.05) is 11.5 Å². The van der Waals surface area contributed by atoms with Crippen LogP contribution in [0.25, 0.3) is 11.0 Å². The molecular formula is C28H28N2O4S. The van der Waals surface area contributed by atoms with Crippen molar-refractivity contribution in [3.05, 3.63) is 86.2 Å². The molecular weight excluding hydrogens is 460 g/mol. The first kappa shape index (κ1) is 23.3. The van der Waals surface area contributed by atoms with Crippen molar-refractivity contribution in [3.8, 4) is 5.75 Å². The van der Waals surface area contributed by atoms with E-state index in [2.05, 4.69) is 11.9 Å². The Labute approximate surface area is 208 Å². The van der Waals surface area contributed by atoms with E-state index in [1.54, 1.807) is 29.2 Å². The number of ether oxygens (including phenoxy) is 1. The van der Waals surface area contributed by atoms with Crippen molar-refractivity contribution < 1.29 is 13.9 Å². The van der Waals surface area contributed by atoms with Gasteiger partial charge in [-0.05, 0) is 50.1 Å². The molecule has 0 bridgehead atoms. The predicted octanol–water partition coefficient (Wildman–Crippen LogP) is 6.58. The first-order chi connectivity index (χ1) is 17.0. The SMILES string of the molecule is CCCCCCOc1ccc([C@H]2c3c(oc4ccccc4c3=O)C(=O)N2c2nc(C)c(C)s2)cc1. The van der Waals surface area contributed by atoms with E-state index in [-0.39, 0.29) is 17.1 Å². The van der Waals surface area contributed by atoms with Crippen molar-refractivity contribution in [3.63, 3.8) is 0 Å². The Bertz CT molecular complexity index is 1420. The molecule has 2 aromatic carbocycles. The quantitative estimate of drug-likeness (QED) is 0.262. The van der Waals surface area contributed by atoms with Crippen LogP contribution in [0.3, 0.4) is 0 Å². The van der Waals surface area contributed by atoms with Gasteiger partial charge in [-0.1, -0.05) is 50.5 Å². The van der Waals surface area contributed by atoms with E-state index in [4.69, 9.17) is 9.15 Å². The zero-order chi connectivity index (χ0) is 24.5. The molecule has 0 radical (unpaired) electrons. The number of hydrogen-bond acceptors (Lipinski definition) is 6. The number of carbonyl (C=O) groups is 1. The molecule has 0 N–H and O–H groups in total. The lowest BCUT2D eigenvalue weighted by molar-refractivity contribution is 0.0971. The minimum Gasteiger partial charge on any atom is -0.494 e. The summed E-state index contributed by atoms with van der Waals surface area (Å²) < 4.78 is 11.9. The Morgan fingerprint density at radius 1 is 1.03 bits per heavy atom. The average molecular weight is 489 g/mol. The van der Waals surface area contributed by atoms with Crippen molar-refractivity contribution in [2.24, 2.45) is 0 Å². The zero-order valence-electron chi connectivity index (χ0n) is 20.2. The Morgan fingerprint density at radius 2 is 1.80 bits per heavy atom. The fourth-order valence-corrected chi connectivity index (χ4v) is 5.39. The van der Waals surface area contributed by atoms with Crippen LogP contribution in [-0.2, 0) is 0 Å². The number of aromatic nitrogens is 1. The molecule has 5 rings (SSSR count). The van der Waals surface area contributed by atoms with Crippen LogP contribution in [0.2, 0.25) is 0 Å². The number of nitrogens with zero attached hydrogens (tertiary/aromatic N) is 2. The first-order valence-corrected chi connectivity index (χ1v) is 12.9. The van der Waals surface area contributed by atoms with Crippen molar-refractivity contribution in [1.29, 1.82) is 0 Å². The number of amides is 1. The lowest BCUT2D eigenvalue weighted by Gasteiger charge is -2.22. The highest BCUT2D eigenvalue weighted by atomic mass is 32.1. The molecule has 0 spiro atoms. The third-order valence-electron chi connectivity index (χ3n) is 6.46. The summed E-state index contributed by atoms with van der Waals surface area (Å²) in [6.07, 6.45) is 4.57. The van der Waals surface area contributed by atoms with Gasteiger partial charge in [0.2, 0.25) is 5.76 Å². The topological polar surface area (TPSA) is 72.6 Å². The van der Waals surface area contributed by atoms with Gasteiger partial charge in [0, 0.05) is 4.88 Å². The van der Waals surface area contributed by atoms with Gasteiger partial charge in [-0.25, -0.2) is 4.98 Å².